The molecule has 0 bridgehead atoms. The van der Waals surface area contributed by atoms with Crippen LogP contribution in [0.5, 0.6) is 0 Å². The van der Waals surface area contributed by atoms with Gasteiger partial charge in [-0.3, -0.25) is 4.90 Å². The van der Waals surface area contributed by atoms with Gasteiger partial charge in [0, 0.05) is 44.5 Å². The van der Waals surface area contributed by atoms with E-state index in [2.05, 4.69) is 10.2 Å². The minimum absolute atomic E-state index is 0.232. The fourth-order valence-electron chi connectivity index (χ4n) is 5.34. The zero-order valence-corrected chi connectivity index (χ0v) is 18.3. The van der Waals surface area contributed by atoms with E-state index in [0.29, 0.717) is 44.5 Å². The summed E-state index contributed by atoms with van der Waals surface area (Å²) in [7, 11) is 0. The maximum Gasteiger partial charge on any atom is 0.416 e. The number of alkyl halides is 3. The number of nitrogens with zero attached hydrogens (tertiary/aromatic N) is 2. The molecule has 3 N–H and O–H groups in total. The summed E-state index contributed by atoms with van der Waals surface area (Å²) >= 11 is 0. The summed E-state index contributed by atoms with van der Waals surface area (Å²) in [6.45, 7) is 2.74. The molecular formula is C23H34F3N3O3. The fraction of sp³-hybridized carbons (Fsp3) is 0.739. The molecule has 2 aliphatic heterocycles. The second kappa shape index (κ2) is 10.3. The predicted octanol–water partition coefficient (Wildman–Crippen LogP) is 2.24. The van der Waals surface area contributed by atoms with Crippen LogP contribution in [-0.4, -0.2) is 84.8 Å². The number of benzene rings is 1. The Bertz CT molecular complexity index is 737. The smallest absolute Gasteiger partial charge is 0.394 e. The van der Waals surface area contributed by atoms with Crippen LogP contribution in [0.2, 0.25) is 0 Å². The van der Waals surface area contributed by atoms with E-state index in [1.807, 2.05) is 4.90 Å². The minimum atomic E-state index is -4.36. The van der Waals surface area contributed by atoms with Crippen molar-refractivity contribution in [1.29, 1.82) is 0 Å². The van der Waals surface area contributed by atoms with Gasteiger partial charge in [0.05, 0.1) is 24.3 Å². The zero-order chi connectivity index (χ0) is 22.7. The second-order valence-corrected chi connectivity index (χ2v) is 9.19. The predicted molar refractivity (Wildman–Crippen MR) is 116 cm³/mol. The van der Waals surface area contributed by atoms with Crippen LogP contribution < -0.4 is 10.2 Å². The van der Waals surface area contributed by atoms with E-state index < -0.39 is 23.9 Å². The fourth-order valence-corrected chi connectivity index (χ4v) is 5.34. The number of piperazine rings is 1. The van der Waals surface area contributed by atoms with Crippen molar-refractivity contribution in [3.05, 3.63) is 29.8 Å². The van der Waals surface area contributed by atoms with Gasteiger partial charge in [-0.1, -0.05) is 25.3 Å². The highest BCUT2D eigenvalue weighted by Crippen LogP contribution is 2.33. The van der Waals surface area contributed by atoms with E-state index >= 15 is 0 Å². The Morgan fingerprint density at radius 3 is 2.41 bits per heavy atom. The van der Waals surface area contributed by atoms with Crippen LogP contribution in [0.4, 0.5) is 18.9 Å². The number of nitrogens with one attached hydrogen (secondary N) is 1. The van der Waals surface area contributed by atoms with Crippen molar-refractivity contribution in [3.63, 3.8) is 0 Å². The molecule has 2 saturated heterocycles. The lowest BCUT2D eigenvalue weighted by molar-refractivity contribution is -0.137. The molecule has 180 valence electrons. The molecule has 3 fully saturated rings. The molecule has 1 aromatic rings. The van der Waals surface area contributed by atoms with Gasteiger partial charge < -0.3 is 25.2 Å². The first-order valence-electron chi connectivity index (χ1n) is 11.7. The number of aliphatic hydroxyl groups is 2. The lowest BCUT2D eigenvalue weighted by Crippen LogP contribution is -2.57. The molecular weight excluding hydrogens is 423 g/mol. The molecule has 1 aliphatic carbocycles. The molecule has 2 heterocycles. The summed E-state index contributed by atoms with van der Waals surface area (Å²) in [5.41, 5.74) is -0.0804. The van der Waals surface area contributed by atoms with E-state index in [1.165, 1.54) is 31.4 Å². The molecule has 3 aliphatic rings. The van der Waals surface area contributed by atoms with Gasteiger partial charge in [0.25, 0.3) is 0 Å². The largest absolute Gasteiger partial charge is 0.416 e. The highest BCUT2D eigenvalue weighted by molar-refractivity contribution is 5.49. The molecule has 32 heavy (non-hydrogen) atoms. The van der Waals surface area contributed by atoms with Gasteiger partial charge in [0.2, 0.25) is 0 Å². The van der Waals surface area contributed by atoms with Crippen LogP contribution in [0.15, 0.2) is 24.3 Å². The standard InChI is InChI=1S/C23H34F3N3O3/c24-23(25,26)16-5-4-8-18(13-16)28-9-11-29(12-10-28)21-19(32-20(15-30)22(21)31)14-27-17-6-2-1-3-7-17/h4-5,8,13,17,19-22,27,30-31H,1-3,6-7,9-12,14-15H2/t19-,20+,21-,22-/m1/s1. The molecule has 9 heteroatoms. The van der Waals surface area contributed by atoms with Gasteiger partial charge in [-0.15, -0.1) is 0 Å². The third-order valence-corrected chi connectivity index (χ3v) is 7.13. The monoisotopic (exact) mass is 457 g/mol. The lowest BCUT2D eigenvalue weighted by Gasteiger charge is -2.41. The topological polar surface area (TPSA) is 68.2 Å². The van der Waals surface area contributed by atoms with Crippen molar-refractivity contribution < 1.29 is 28.1 Å². The van der Waals surface area contributed by atoms with Crippen molar-refractivity contribution in [1.82, 2.24) is 10.2 Å². The summed E-state index contributed by atoms with van der Waals surface area (Å²) in [5.74, 6) is 0. The molecule has 4 atom stereocenters. The Labute approximate surface area is 187 Å². The summed E-state index contributed by atoms with van der Waals surface area (Å²) in [6.07, 6.45) is 0.0429. The first-order chi connectivity index (χ1) is 15.4. The van der Waals surface area contributed by atoms with Crippen LogP contribution >= 0.6 is 0 Å². The second-order valence-electron chi connectivity index (χ2n) is 9.19. The van der Waals surface area contributed by atoms with Gasteiger partial charge in [-0.05, 0) is 31.0 Å². The number of ether oxygens (including phenoxy) is 1. The van der Waals surface area contributed by atoms with Crippen LogP contribution in [-0.2, 0) is 10.9 Å². The van der Waals surface area contributed by atoms with Crippen LogP contribution in [0.3, 0.4) is 0 Å². The van der Waals surface area contributed by atoms with Crippen molar-refractivity contribution >= 4 is 5.69 Å². The number of rotatable bonds is 6. The zero-order valence-electron chi connectivity index (χ0n) is 18.3. The van der Waals surface area contributed by atoms with Crippen LogP contribution in [0.1, 0.15) is 37.7 Å². The molecule has 0 aromatic heterocycles. The summed E-state index contributed by atoms with van der Waals surface area (Å²) in [6, 6.07) is 5.66. The van der Waals surface area contributed by atoms with Gasteiger partial charge >= 0.3 is 6.18 Å². The quantitative estimate of drug-likeness (QED) is 0.609. The van der Waals surface area contributed by atoms with E-state index in [1.54, 1.807) is 6.07 Å². The van der Waals surface area contributed by atoms with Gasteiger partial charge in [0.15, 0.2) is 0 Å². The van der Waals surface area contributed by atoms with Crippen molar-refractivity contribution in [2.24, 2.45) is 0 Å². The normalized spacial score (nSPS) is 30.7. The number of hydrogen-bond acceptors (Lipinski definition) is 6. The molecule has 1 saturated carbocycles. The van der Waals surface area contributed by atoms with Gasteiger partial charge in [-0.2, -0.15) is 13.2 Å². The maximum absolute atomic E-state index is 13.1. The highest BCUT2D eigenvalue weighted by atomic mass is 19.4. The number of anilines is 1. The Hall–Kier alpha value is -1.39. The first kappa shape index (κ1) is 23.8. The molecule has 0 spiro atoms. The minimum Gasteiger partial charge on any atom is -0.394 e. The number of halogens is 3. The molecule has 4 rings (SSSR count). The van der Waals surface area contributed by atoms with Crippen LogP contribution in [0.25, 0.3) is 0 Å². The van der Waals surface area contributed by atoms with E-state index in [4.69, 9.17) is 4.74 Å². The first-order valence-corrected chi connectivity index (χ1v) is 11.7. The molecule has 0 unspecified atom stereocenters. The van der Waals surface area contributed by atoms with E-state index in [0.717, 1.165) is 18.9 Å². The number of aliphatic hydroxyl groups excluding tert-OH is 2. The van der Waals surface area contributed by atoms with E-state index in [9.17, 15) is 23.4 Å². The number of hydrogen-bond donors (Lipinski definition) is 3. The highest BCUT2D eigenvalue weighted by Gasteiger charge is 2.46. The average molecular weight is 458 g/mol. The maximum atomic E-state index is 13.1. The Morgan fingerprint density at radius 1 is 1.03 bits per heavy atom. The Morgan fingerprint density at radius 2 is 1.75 bits per heavy atom. The summed E-state index contributed by atoms with van der Waals surface area (Å²) in [5, 5.41) is 24.1. The van der Waals surface area contributed by atoms with E-state index in [-0.39, 0.29) is 18.8 Å². The molecule has 1 aromatic carbocycles. The van der Waals surface area contributed by atoms with Crippen molar-refractivity contribution in [2.45, 2.75) is 68.7 Å². The van der Waals surface area contributed by atoms with Crippen LogP contribution in [0, 0.1) is 0 Å². The Balaban J connectivity index is 1.38. The summed E-state index contributed by atoms with van der Waals surface area (Å²) in [4.78, 5) is 4.12. The third-order valence-electron chi connectivity index (χ3n) is 7.13. The molecule has 6 nitrogen and oxygen atoms in total. The van der Waals surface area contributed by atoms with Crippen molar-refractivity contribution in [2.75, 3.05) is 44.2 Å². The van der Waals surface area contributed by atoms with Gasteiger partial charge in [-0.25, -0.2) is 0 Å². The van der Waals surface area contributed by atoms with Crippen molar-refractivity contribution in [3.8, 4) is 0 Å². The SMILES string of the molecule is OC[C@@H]1O[C@H](CNC2CCCCC2)[C@@H](N2CCN(c3cccc(C(F)(F)F)c3)CC2)[C@@H]1O. The summed E-state index contributed by atoms with van der Waals surface area (Å²) < 4.78 is 45.2. The molecule has 0 amide bonds. The molecule has 0 radical (unpaired) electrons. The average Bonchev–Trinajstić information content (AvgIpc) is 3.13. The van der Waals surface area contributed by atoms with Gasteiger partial charge in [0.1, 0.15) is 12.2 Å². The third kappa shape index (κ3) is 5.39. The lowest BCUT2D eigenvalue weighted by atomic mass is 9.95. The Kier molecular flexibility index (Phi) is 7.62.